The van der Waals surface area contributed by atoms with Gasteiger partial charge in [-0.1, -0.05) is 0 Å². The van der Waals surface area contributed by atoms with E-state index >= 15 is 0 Å². The van der Waals surface area contributed by atoms with E-state index in [0.717, 1.165) is 18.2 Å². The minimum atomic E-state index is 0.779. The summed E-state index contributed by atoms with van der Waals surface area (Å²) in [4.78, 5) is 2.56. The molecule has 1 unspecified atom stereocenters. The third kappa shape index (κ3) is 4.34. The van der Waals surface area contributed by atoms with E-state index in [9.17, 15) is 0 Å². The summed E-state index contributed by atoms with van der Waals surface area (Å²) in [6.07, 6.45) is 5.17. The van der Waals surface area contributed by atoms with Crippen molar-refractivity contribution in [3.63, 3.8) is 0 Å². The quantitative estimate of drug-likeness (QED) is 0.674. The highest BCUT2D eigenvalue weighted by atomic mass is 32.1. The van der Waals surface area contributed by atoms with E-state index in [2.05, 4.69) is 17.5 Å². The molecular formula is C10H22N2S. The van der Waals surface area contributed by atoms with Gasteiger partial charge in [0.05, 0.1) is 0 Å². The van der Waals surface area contributed by atoms with Gasteiger partial charge in [-0.3, -0.25) is 0 Å². The number of hydrogen-bond acceptors (Lipinski definition) is 3. The Bertz CT molecular complexity index is 130. The van der Waals surface area contributed by atoms with Gasteiger partial charge in [-0.05, 0) is 63.5 Å². The second-order valence-corrected chi connectivity index (χ2v) is 4.40. The monoisotopic (exact) mass is 202 g/mol. The Morgan fingerprint density at radius 3 is 2.85 bits per heavy atom. The number of rotatable bonds is 4. The molecule has 1 rings (SSSR count). The van der Waals surface area contributed by atoms with Gasteiger partial charge in [-0.15, -0.1) is 0 Å². The molecule has 1 aliphatic rings. The maximum absolute atomic E-state index is 5.69. The zero-order chi connectivity index (χ0) is 9.52. The van der Waals surface area contributed by atoms with Crippen LogP contribution in [-0.4, -0.2) is 36.8 Å². The first-order valence-electron chi connectivity index (χ1n) is 5.40. The molecule has 0 bridgehead atoms. The topological polar surface area (TPSA) is 29.3 Å². The molecule has 0 aromatic heterocycles. The van der Waals surface area contributed by atoms with Crippen molar-refractivity contribution >= 4 is 12.6 Å². The van der Waals surface area contributed by atoms with Gasteiger partial charge in [0, 0.05) is 0 Å². The fourth-order valence-corrected chi connectivity index (χ4v) is 2.12. The minimum Gasteiger partial charge on any atom is -0.330 e. The number of likely N-dealkylation sites (tertiary alicyclic amines) is 1. The smallest absolute Gasteiger partial charge is 0.00110 e. The molecular weight excluding hydrogens is 180 g/mol. The van der Waals surface area contributed by atoms with Gasteiger partial charge in [-0.2, -0.15) is 12.6 Å². The van der Waals surface area contributed by atoms with Crippen LogP contribution in [0, 0.1) is 5.92 Å². The third-order valence-electron chi connectivity index (χ3n) is 2.91. The lowest BCUT2D eigenvalue weighted by atomic mass is 10.0. The highest BCUT2D eigenvalue weighted by molar-refractivity contribution is 7.80. The van der Waals surface area contributed by atoms with E-state index in [1.165, 1.54) is 45.3 Å². The van der Waals surface area contributed by atoms with Crippen LogP contribution in [0.4, 0.5) is 0 Å². The molecule has 3 heteroatoms. The maximum atomic E-state index is 5.69. The maximum Gasteiger partial charge on any atom is -0.00110 e. The fourth-order valence-electron chi connectivity index (χ4n) is 1.98. The van der Waals surface area contributed by atoms with Crippen LogP contribution in [0.1, 0.15) is 25.7 Å². The summed E-state index contributed by atoms with van der Waals surface area (Å²) in [6, 6.07) is 0. The minimum absolute atomic E-state index is 0.779. The van der Waals surface area contributed by atoms with Crippen LogP contribution in [0.25, 0.3) is 0 Å². The molecule has 0 saturated carbocycles. The summed E-state index contributed by atoms with van der Waals surface area (Å²) in [5.74, 6) is 1.79. The van der Waals surface area contributed by atoms with Gasteiger partial charge in [-0.25, -0.2) is 0 Å². The van der Waals surface area contributed by atoms with Crippen molar-refractivity contribution in [3.05, 3.63) is 0 Å². The SMILES string of the molecule is NCC1CCCN(CCCS)CC1. The van der Waals surface area contributed by atoms with E-state index in [-0.39, 0.29) is 0 Å². The van der Waals surface area contributed by atoms with Gasteiger partial charge < -0.3 is 10.6 Å². The van der Waals surface area contributed by atoms with Crippen molar-refractivity contribution in [1.29, 1.82) is 0 Å². The number of nitrogens with two attached hydrogens (primary N) is 1. The summed E-state index contributed by atoms with van der Waals surface area (Å²) in [5.41, 5.74) is 5.69. The van der Waals surface area contributed by atoms with Crippen LogP contribution in [0.3, 0.4) is 0 Å². The molecule has 0 spiro atoms. The highest BCUT2D eigenvalue weighted by Crippen LogP contribution is 2.16. The van der Waals surface area contributed by atoms with Crippen LogP contribution in [0.5, 0.6) is 0 Å². The molecule has 0 radical (unpaired) electrons. The molecule has 78 valence electrons. The fraction of sp³-hybridized carbons (Fsp3) is 1.00. The molecule has 0 aliphatic carbocycles. The molecule has 1 aliphatic heterocycles. The first kappa shape index (κ1) is 11.3. The Kier molecular flexibility index (Phi) is 5.83. The Labute approximate surface area is 87.3 Å². The van der Waals surface area contributed by atoms with E-state index < -0.39 is 0 Å². The Hall–Kier alpha value is 0.270. The number of nitrogens with zero attached hydrogens (tertiary/aromatic N) is 1. The van der Waals surface area contributed by atoms with Crippen LogP contribution in [-0.2, 0) is 0 Å². The van der Waals surface area contributed by atoms with Crippen LogP contribution in [0.15, 0.2) is 0 Å². The summed E-state index contributed by atoms with van der Waals surface area (Å²) in [7, 11) is 0. The van der Waals surface area contributed by atoms with Crippen molar-refractivity contribution < 1.29 is 0 Å². The van der Waals surface area contributed by atoms with E-state index in [0.29, 0.717) is 0 Å². The predicted octanol–water partition coefficient (Wildman–Crippen LogP) is 1.37. The lowest BCUT2D eigenvalue weighted by Gasteiger charge is -2.19. The van der Waals surface area contributed by atoms with E-state index in [1.54, 1.807) is 0 Å². The zero-order valence-electron chi connectivity index (χ0n) is 8.41. The zero-order valence-corrected chi connectivity index (χ0v) is 9.31. The summed E-state index contributed by atoms with van der Waals surface area (Å²) in [6.45, 7) is 4.61. The second kappa shape index (κ2) is 6.68. The molecule has 0 aromatic carbocycles. The van der Waals surface area contributed by atoms with Gasteiger partial charge >= 0.3 is 0 Å². The van der Waals surface area contributed by atoms with Crippen molar-refractivity contribution in [2.75, 3.05) is 31.9 Å². The molecule has 13 heavy (non-hydrogen) atoms. The van der Waals surface area contributed by atoms with Gasteiger partial charge in [0.1, 0.15) is 0 Å². The number of hydrogen-bond donors (Lipinski definition) is 2. The van der Waals surface area contributed by atoms with Crippen molar-refractivity contribution in [2.24, 2.45) is 11.7 Å². The average Bonchev–Trinajstić information content (AvgIpc) is 2.39. The lowest BCUT2D eigenvalue weighted by molar-refractivity contribution is 0.282. The number of thiol groups is 1. The van der Waals surface area contributed by atoms with Crippen LogP contribution >= 0.6 is 12.6 Å². The van der Waals surface area contributed by atoms with Crippen molar-refractivity contribution in [2.45, 2.75) is 25.7 Å². The molecule has 2 nitrogen and oxygen atoms in total. The normalized spacial score (nSPS) is 25.8. The third-order valence-corrected chi connectivity index (χ3v) is 3.22. The van der Waals surface area contributed by atoms with Crippen molar-refractivity contribution in [1.82, 2.24) is 4.90 Å². The first-order valence-corrected chi connectivity index (χ1v) is 6.03. The summed E-state index contributed by atoms with van der Waals surface area (Å²) >= 11 is 4.24. The second-order valence-electron chi connectivity index (χ2n) is 3.95. The largest absolute Gasteiger partial charge is 0.330 e. The summed E-state index contributed by atoms with van der Waals surface area (Å²) < 4.78 is 0. The Morgan fingerprint density at radius 2 is 2.15 bits per heavy atom. The Morgan fingerprint density at radius 1 is 1.31 bits per heavy atom. The molecule has 1 heterocycles. The molecule has 1 atom stereocenters. The molecule has 0 aromatic rings. The van der Waals surface area contributed by atoms with Gasteiger partial charge in [0.2, 0.25) is 0 Å². The predicted molar refractivity (Wildman–Crippen MR) is 61.3 cm³/mol. The molecule has 1 saturated heterocycles. The summed E-state index contributed by atoms with van der Waals surface area (Å²) in [5, 5.41) is 0. The van der Waals surface area contributed by atoms with E-state index in [1.807, 2.05) is 0 Å². The first-order chi connectivity index (χ1) is 6.36. The highest BCUT2D eigenvalue weighted by Gasteiger charge is 2.14. The standard InChI is InChI=1S/C10H22N2S/c11-9-10-3-1-5-12(7-4-10)6-2-8-13/h10,13H,1-9,11H2. The van der Waals surface area contributed by atoms with Crippen LogP contribution in [0.2, 0.25) is 0 Å². The molecule has 0 amide bonds. The Balaban J connectivity index is 2.19. The lowest BCUT2D eigenvalue weighted by Crippen LogP contribution is -2.26. The average molecular weight is 202 g/mol. The molecule has 1 fully saturated rings. The van der Waals surface area contributed by atoms with Gasteiger partial charge in [0.25, 0.3) is 0 Å². The van der Waals surface area contributed by atoms with Gasteiger partial charge in [0.15, 0.2) is 0 Å². The van der Waals surface area contributed by atoms with Crippen LogP contribution < -0.4 is 5.73 Å². The van der Waals surface area contributed by atoms with Crippen molar-refractivity contribution in [3.8, 4) is 0 Å². The van der Waals surface area contributed by atoms with E-state index in [4.69, 9.17) is 5.73 Å². The molecule has 2 N–H and O–H groups in total.